The van der Waals surface area contributed by atoms with Crippen molar-refractivity contribution in [2.45, 2.75) is 70.7 Å². The molecule has 2 bridgehead atoms. The number of rotatable bonds is 3. The smallest absolute Gasteiger partial charge is 0.410 e. The summed E-state index contributed by atoms with van der Waals surface area (Å²) in [7, 11) is 0. The third-order valence-electron chi connectivity index (χ3n) is 7.43. The van der Waals surface area contributed by atoms with Gasteiger partial charge < -0.3 is 19.4 Å². The molecule has 186 valence electrons. The van der Waals surface area contributed by atoms with E-state index in [1.54, 1.807) is 9.80 Å². The van der Waals surface area contributed by atoms with E-state index in [4.69, 9.17) is 4.74 Å². The van der Waals surface area contributed by atoms with Crippen LogP contribution in [0.15, 0.2) is 42.5 Å². The summed E-state index contributed by atoms with van der Waals surface area (Å²) in [5, 5.41) is 2.29. The molecule has 35 heavy (non-hydrogen) atoms. The number of hydrogen-bond donors (Lipinski definition) is 0. The maximum atomic E-state index is 13.8. The molecule has 4 fully saturated rings. The molecule has 4 aliphatic heterocycles. The standard InChI is InChI=1S/C28H35N3O4/c1-28(2,3)35-27(34)29-15-20-9-11-23(18-29)30(17-20)26(33)24-12-13-25(32)31(24)16-19-8-10-21-6-4-5-7-22(21)14-19/h4-8,10,14,20,23-24H,9,11-13,15-18H2,1-3H3. The molecule has 7 heteroatoms. The highest BCUT2D eigenvalue weighted by atomic mass is 16.6. The molecule has 0 aliphatic carbocycles. The van der Waals surface area contributed by atoms with Gasteiger partial charge in [-0.2, -0.15) is 0 Å². The molecule has 4 saturated heterocycles. The van der Waals surface area contributed by atoms with Gasteiger partial charge in [0, 0.05) is 38.6 Å². The van der Waals surface area contributed by atoms with E-state index in [0.29, 0.717) is 39.0 Å². The number of hydrogen-bond acceptors (Lipinski definition) is 4. The van der Waals surface area contributed by atoms with Crippen molar-refractivity contribution in [2.75, 3.05) is 19.6 Å². The number of carbonyl (C=O) groups excluding carboxylic acids is 3. The van der Waals surface area contributed by atoms with Gasteiger partial charge in [-0.3, -0.25) is 9.59 Å². The first-order valence-corrected chi connectivity index (χ1v) is 12.7. The number of carbonyl (C=O) groups is 3. The van der Waals surface area contributed by atoms with Crippen molar-refractivity contribution >= 4 is 28.7 Å². The lowest BCUT2D eigenvalue weighted by Gasteiger charge is -2.39. The molecule has 0 saturated carbocycles. The van der Waals surface area contributed by atoms with Gasteiger partial charge in [-0.25, -0.2) is 4.79 Å². The van der Waals surface area contributed by atoms with Crippen LogP contribution in [0.1, 0.15) is 52.0 Å². The number of piperidine rings is 1. The first-order valence-electron chi connectivity index (χ1n) is 12.7. The van der Waals surface area contributed by atoms with Gasteiger partial charge in [0.05, 0.1) is 0 Å². The van der Waals surface area contributed by atoms with Crippen molar-refractivity contribution in [3.8, 4) is 0 Å². The van der Waals surface area contributed by atoms with Gasteiger partial charge >= 0.3 is 6.09 Å². The summed E-state index contributed by atoms with van der Waals surface area (Å²) in [6, 6.07) is 13.9. The molecule has 3 amide bonds. The highest BCUT2D eigenvalue weighted by Gasteiger charge is 2.44. The summed E-state index contributed by atoms with van der Waals surface area (Å²) >= 11 is 0. The molecule has 3 unspecified atom stereocenters. The lowest BCUT2D eigenvalue weighted by atomic mass is 9.94. The Bertz CT molecular complexity index is 1140. The van der Waals surface area contributed by atoms with Crippen LogP contribution in [0.5, 0.6) is 0 Å². The fourth-order valence-electron chi connectivity index (χ4n) is 5.74. The Morgan fingerprint density at radius 2 is 1.74 bits per heavy atom. The van der Waals surface area contributed by atoms with E-state index in [9.17, 15) is 14.4 Å². The summed E-state index contributed by atoms with van der Waals surface area (Å²) < 4.78 is 5.61. The summed E-state index contributed by atoms with van der Waals surface area (Å²) in [6.45, 7) is 7.78. The molecule has 0 radical (unpaired) electrons. The molecule has 0 aromatic heterocycles. The second-order valence-corrected chi connectivity index (χ2v) is 11.2. The zero-order valence-corrected chi connectivity index (χ0v) is 20.9. The molecule has 4 heterocycles. The van der Waals surface area contributed by atoms with Crippen LogP contribution in [0.2, 0.25) is 0 Å². The van der Waals surface area contributed by atoms with E-state index < -0.39 is 11.6 Å². The van der Waals surface area contributed by atoms with Gasteiger partial charge in [-0.05, 0) is 68.4 Å². The Labute approximate surface area is 207 Å². The Hall–Kier alpha value is -3.09. The average Bonchev–Trinajstić information content (AvgIpc) is 2.98. The molecular formula is C28H35N3O4. The molecule has 0 N–H and O–H groups in total. The SMILES string of the molecule is CC(C)(C)OC(=O)N1CC2CCC(C1)N(C(=O)C1CCC(=O)N1Cc1ccc3ccccc3c1)C2. The van der Waals surface area contributed by atoms with Crippen LogP contribution in [0.3, 0.4) is 0 Å². The van der Waals surface area contributed by atoms with E-state index in [2.05, 4.69) is 24.3 Å². The second-order valence-electron chi connectivity index (χ2n) is 11.2. The van der Waals surface area contributed by atoms with E-state index in [1.165, 1.54) is 0 Å². The van der Waals surface area contributed by atoms with Crippen LogP contribution in [0.4, 0.5) is 4.79 Å². The minimum atomic E-state index is -0.550. The molecule has 3 atom stereocenters. The van der Waals surface area contributed by atoms with E-state index in [-0.39, 0.29) is 29.9 Å². The van der Waals surface area contributed by atoms with Gasteiger partial charge in [0.2, 0.25) is 11.8 Å². The zero-order chi connectivity index (χ0) is 24.7. The van der Waals surface area contributed by atoms with Gasteiger partial charge in [-0.15, -0.1) is 0 Å². The number of ether oxygens (including phenoxy) is 1. The van der Waals surface area contributed by atoms with E-state index in [1.807, 2.05) is 43.9 Å². The first kappa shape index (κ1) is 23.6. The lowest BCUT2D eigenvalue weighted by Crippen LogP contribution is -2.54. The molecule has 7 nitrogen and oxygen atoms in total. The minimum absolute atomic E-state index is 0.0253. The highest BCUT2D eigenvalue weighted by Crippen LogP contribution is 2.32. The number of fused-ring (bicyclic) bond motifs is 5. The minimum Gasteiger partial charge on any atom is -0.444 e. The lowest BCUT2D eigenvalue weighted by molar-refractivity contribution is -0.144. The van der Waals surface area contributed by atoms with Crippen molar-refractivity contribution in [2.24, 2.45) is 5.92 Å². The number of likely N-dealkylation sites (tertiary alicyclic amines) is 1. The first-order chi connectivity index (χ1) is 16.7. The van der Waals surface area contributed by atoms with Gasteiger partial charge in [-0.1, -0.05) is 36.4 Å². The van der Waals surface area contributed by atoms with Gasteiger partial charge in [0.15, 0.2) is 0 Å². The van der Waals surface area contributed by atoms with Crippen LogP contribution in [0.25, 0.3) is 10.8 Å². The van der Waals surface area contributed by atoms with Crippen molar-refractivity contribution < 1.29 is 19.1 Å². The predicted octanol–water partition coefficient (Wildman–Crippen LogP) is 4.19. The normalized spacial score (nSPS) is 24.7. The third kappa shape index (κ3) is 5.00. The van der Waals surface area contributed by atoms with Crippen LogP contribution in [0, 0.1) is 5.92 Å². The van der Waals surface area contributed by atoms with E-state index in [0.717, 1.165) is 29.2 Å². The summed E-state index contributed by atoms with van der Waals surface area (Å²) in [6.07, 6.45) is 2.52. The van der Waals surface area contributed by atoms with Crippen LogP contribution in [-0.4, -0.2) is 69.9 Å². The van der Waals surface area contributed by atoms with Crippen LogP contribution in [-0.2, 0) is 20.9 Å². The molecule has 6 rings (SSSR count). The third-order valence-corrected chi connectivity index (χ3v) is 7.43. The fourth-order valence-corrected chi connectivity index (χ4v) is 5.74. The van der Waals surface area contributed by atoms with Crippen molar-refractivity contribution in [1.82, 2.24) is 14.7 Å². The Morgan fingerprint density at radius 1 is 0.971 bits per heavy atom. The second kappa shape index (κ2) is 9.17. The summed E-state index contributed by atoms with van der Waals surface area (Å²) in [5.74, 6) is 0.292. The zero-order valence-electron chi connectivity index (χ0n) is 20.9. The largest absolute Gasteiger partial charge is 0.444 e. The number of benzene rings is 2. The monoisotopic (exact) mass is 477 g/mol. The molecule has 2 aromatic carbocycles. The number of amides is 3. The Balaban J connectivity index is 1.31. The van der Waals surface area contributed by atoms with Gasteiger partial charge in [0.1, 0.15) is 11.6 Å². The maximum absolute atomic E-state index is 13.8. The average molecular weight is 478 g/mol. The fraction of sp³-hybridized carbons (Fsp3) is 0.536. The van der Waals surface area contributed by atoms with Crippen molar-refractivity contribution in [3.63, 3.8) is 0 Å². The van der Waals surface area contributed by atoms with Crippen molar-refractivity contribution in [1.29, 1.82) is 0 Å². The Kier molecular flexibility index (Phi) is 6.20. The number of nitrogens with zero attached hydrogens (tertiary/aromatic N) is 3. The topological polar surface area (TPSA) is 70.2 Å². The summed E-state index contributed by atoms with van der Waals surface area (Å²) in [4.78, 5) is 44.9. The molecular weight excluding hydrogens is 442 g/mol. The summed E-state index contributed by atoms with van der Waals surface area (Å²) in [5.41, 5.74) is 0.482. The van der Waals surface area contributed by atoms with Crippen LogP contribution >= 0.6 is 0 Å². The quantitative estimate of drug-likeness (QED) is 0.665. The molecule has 4 aliphatic rings. The maximum Gasteiger partial charge on any atom is 0.410 e. The van der Waals surface area contributed by atoms with E-state index >= 15 is 0 Å². The Morgan fingerprint density at radius 3 is 2.51 bits per heavy atom. The molecule has 0 spiro atoms. The van der Waals surface area contributed by atoms with Crippen LogP contribution < -0.4 is 0 Å². The molecule has 2 aromatic rings. The highest BCUT2D eigenvalue weighted by molar-refractivity contribution is 5.91. The predicted molar refractivity (Wildman–Crippen MR) is 134 cm³/mol. The van der Waals surface area contributed by atoms with Crippen molar-refractivity contribution in [3.05, 3.63) is 48.0 Å². The van der Waals surface area contributed by atoms with Gasteiger partial charge in [0.25, 0.3) is 0 Å².